The van der Waals surface area contributed by atoms with Gasteiger partial charge in [-0.2, -0.15) is 5.10 Å². The van der Waals surface area contributed by atoms with Crippen molar-refractivity contribution in [2.45, 2.75) is 58.2 Å². The zero-order valence-corrected chi connectivity index (χ0v) is 15.5. The number of benzene rings is 1. The summed E-state index contributed by atoms with van der Waals surface area (Å²) in [4.78, 5) is 2.45. The minimum Gasteiger partial charge on any atom is -0.411 e. The summed E-state index contributed by atoms with van der Waals surface area (Å²) < 4.78 is 1.96. The summed E-state index contributed by atoms with van der Waals surface area (Å²) in [5, 5.41) is 17.7. The molecule has 134 valence electrons. The molecule has 25 heavy (non-hydrogen) atoms. The van der Waals surface area contributed by atoms with Crippen molar-refractivity contribution in [3.05, 3.63) is 47.2 Å². The van der Waals surface area contributed by atoms with E-state index in [1.165, 1.54) is 5.56 Å². The van der Waals surface area contributed by atoms with Gasteiger partial charge in [0.2, 0.25) is 0 Å². The number of nitrogens with zero attached hydrogens (tertiary/aromatic N) is 4. The third kappa shape index (κ3) is 3.98. The van der Waals surface area contributed by atoms with Crippen LogP contribution in [-0.4, -0.2) is 26.7 Å². The maximum absolute atomic E-state index is 9.03. The van der Waals surface area contributed by atoms with Crippen molar-refractivity contribution >= 4 is 23.0 Å². The van der Waals surface area contributed by atoms with Gasteiger partial charge in [0, 0.05) is 23.8 Å². The van der Waals surface area contributed by atoms with E-state index in [0.29, 0.717) is 6.04 Å². The number of anilines is 1. The number of aryl methyl sites for hydroxylation is 1. The van der Waals surface area contributed by atoms with Crippen LogP contribution in [-0.2, 0) is 6.54 Å². The van der Waals surface area contributed by atoms with Gasteiger partial charge in [-0.25, -0.2) is 0 Å². The van der Waals surface area contributed by atoms with E-state index in [-0.39, 0.29) is 6.04 Å². The Balaban J connectivity index is 1.89. The molecular formula is C19H25ClN4O. The molecule has 6 heteroatoms. The molecule has 1 aliphatic rings. The first-order chi connectivity index (χ1) is 12.1. The molecule has 1 aliphatic carbocycles. The van der Waals surface area contributed by atoms with E-state index >= 15 is 0 Å². The van der Waals surface area contributed by atoms with Gasteiger partial charge in [-0.15, -0.1) is 0 Å². The minimum atomic E-state index is 0.212. The lowest BCUT2D eigenvalue weighted by atomic mass is 9.90. The molecule has 1 N–H and O–H groups in total. The summed E-state index contributed by atoms with van der Waals surface area (Å²) >= 11 is 6.05. The smallest absolute Gasteiger partial charge is 0.0760 e. The first kappa shape index (κ1) is 17.8. The van der Waals surface area contributed by atoms with E-state index in [0.717, 1.165) is 48.6 Å². The van der Waals surface area contributed by atoms with E-state index in [9.17, 15) is 0 Å². The zero-order chi connectivity index (χ0) is 17.8. The van der Waals surface area contributed by atoms with E-state index in [1.807, 2.05) is 23.0 Å². The highest BCUT2D eigenvalue weighted by molar-refractivity contribution is 6.30. The Labute approximate surface area is 153 Å². The van der Waals surface area contributed by atoms with Gasteiger partial charge in [-0.1, -0.05) is 28.9 Å². The molecule has 0 amide bonds. The second-order valence-corrected chi connectivity index (χ2v) is 7.02. The van der Waals surface area contributed by atoms with Gasteiger partial charge < -0.3 is 10.1 Å². The van der Waals surface area contributed by atoms with Crippen molar-refractivity contribution in [1.82, 2.24) is 9.78 Å². The standard InChI is InChI=1S/C19H25ClN4O/c1-3-23-13-19(12-21-23)24(18-10-8-17(22-25)9-11-18)14(2)15-4-6-16(20)7-5-15/h4-7,12-14,18,25H,3,8-11H2,1-2H3. The van der Waals surface area contributed by atoms with Gasteiger partial charge >= 0.3 is 0 Å². The maximum atomic E-state index is 9.03. The Hall–Kier alpha value is -2.01. The Bertz CT molecular complexity index is 715. The molecule has 0 radical (unpaired) electrons. The van der Waals surface area contributed by atoms with Gasteiger partial charge in [-0.05, 0) is 57.2 Å². The summed E-state index contributed by atoms with van der Waals surface area (Å²) in [5.41, 5.74) is 3.27. The van der Waals surface area contributed by atoms with Gasteiger partial charge in [-0.3, -0.25) is 4.68 Å². The quantitative estimate of drug-likeness (QED) is 0.609. The van der Waals surface area contributed by atoms with Crippen LogP contribution in [0, 0.1) is 0 Å². The molecule has 0 saturated heterocycles. The molecule has 1 saturated carbocycles. The number of rotatable bonds is 5. The highest BCUT2D eigenvalue weighted by Crippen LogP contribution is 2.34. The first-order valence-corrected chi connectivity index (χ1v) is 9.26. The molecule has 2 aromatic rings. The molecule has 1 unspecified atom stereocenters. The lowest BCUT2D eigenvalue weighted by Crippen LogP contribution is -2.40. The summed E-state index contributed by atoms with van der Waals surface area (Å²) in [5.74, 6) is 0. The maximum Gasteiger partial charge on any atom is 0.0760 e. The molecule has 1 atom stereocenters. The largest absolute Gasteiger partial charge is 0.411 e. The number of halogens is 1. The average molecular weight is 361 g/mol. The highest BCUT2D eigenvalue weighted by atomic mass is 35.5. The molecular weight excluding hydrogens is 336 g/mol. The summed E-state index contributed by atoms with van der Waals surface area (Å²) in [6, 6.07) is 8.67. The van der Waals surface area contributed by atoms with Gasteiger partial charge in [0.05, 0.1) is 23.6 Å². The number of oxime groups is 1. The fourth-order valence-corrected chi connectivity index (χ4v) is 3.75. The molecule has 1 fully saturated rings. The van der Waals surface area contributed by atoms with E-state index in [2.05, 4.69) is 47.3 Å². The minimum absolute atomic E-state index is 0.212. The normalized spacial score (nSPS) is 18.8. The summed E-state index contributed by atoms with van der Waals surface area (Å²) in [7, 11) is 0. The molecule has 1 aromatic carbocycles. The van der Waals surface area contributed by atoms with Crippen LogP contribution >= 0.6 is 11.6 Å². The lowest BCUT2D eigenvalue weighted by Gasteiger charge is -2.40. The van der Waals surface area contributed by atoms with Crippen LogP contribution in [0.25, 0.3) is 0 Å². The van der Waals surface area contributed by atoms with Crippen LogP contribution in [0.3, 0.4) is 0 Å². The molecule has 1 heterocycles. The average Bonchev–Trinajstić information content (AvgIpc) is 3.12. The predicted octanol–water partition coefficient (Wildman–Crippen LogP) is 4.90. The second kappa shape index (κ2) is 7.91. The van der Waals surface area contributed by atoms with Crippen LogP contribution in [0.5, 0.6) is 0 Å². The van der Waals surface area contributed by atoms with E-state index < -0.39 is 0 Å². The Morgan fingerprint density at radius 3 is 2.56 bits per heavy atom. The van der Waals surface area contributed by atoms with Crippen molar-refractivity contribution < 1.29 is 5.21 Å². The number of aromatic nitrogens is 2. The van der Waals surface area contributed by atoms with Crippen molar-refractivity contribution in [2.24, 2.45) is 5.16 Å². The van der Waals surface area contributed by atoms with Crippen molar-refractivity contribution in [1.29, 1.82) is 0 Å². The van der Waals surface area contributed by atoms with Crippen LogP contribution < -0.4 is 4.90 Å². The van der Waals surface area contributed by atoms with Crippen molar-refractivity contribution in [3.63, 3.8) is 0 Å². The Kier molecular flexibility index (Phi) is 5.63. The van der Waals surface area contributed by atoms with Crippen LogP contribution in [0.15, 0.2) is 41.8 Å². The van der Waals surface area contributed by atoms with Crippen LogP contribution in [0.4, 0.5) is 5.69 Å². The van der Waals surface area contributed by atoms with Crippen molar-refractivity contribution in [2.75, 3.05) is 4.90 Å². The predicted molar refractivity (Wildman–Crippen MR) is 102 cm³/mol. The third-order valence-corrected chi connectivity index (χ3v) is 5.33. The van der Waals surface area contributed by atoms with Crippen LogP contribution in [0.1, 0.15) is 51.1 Å². The first-order valence-electron chi connectivity index (χ1n) is 8.88. The molecule has 1 aromatic heterocycles. The molecule has 3 rings (SSSR count). The number of hydrogen-bond acceptors (Lipinski definition) is 4. The Morgan fingerprint density at radius 1 is 1.32 bits per heavy atom. The zero-order valence-electron chi connectivity index (χ0n) is 14.8. The molecule has 0 bridgehead atoms. The third-order valence-electron chi connectivity index (χ3n) is 5.08. The lowest BCUT2D eigenvalue weighted by molar-refractivity contribution is 0.312. The second-order valence-electron chi connectivity index (χ2n) is 6.59. The molecule has 0 aliphatic heterocycles. The highest BCUT2D eigenvalue weighted by Gasteiger charge is 2.29. The van der Waals surface area contributed by atoms with Gasteiger partial charge in [0.25, 0.3) is 0 Å². The monoisotopic (exact) mass is 360 g/mol. The molecule has 0 spiro atoms. The SMILES string of the molecule is CCn1cc(N(C2CCC(=NO)CC2)C(C)c2ccc(Cl)cc2)cn1. The number of hydrogen-bond donors (Lipinski definition) is 1. The fourth-order valence-electron chi connectivity index (χ4n) is 3.63. The van der Waals surface area contributed by atoms with Crippen molar-refractivity contribution in [3.8, 4) is 0 Å². The topological polar surface area (TPSA) is 53.7 Å². The fraction of sp³-hybridized carbons (Fsp3) is 0.474. The van der Waals surface area contributed by atoms with Crippen LogP contribution in [0.2, 0.25) is 5.02 Å². The summed E-state index contributed by atoms with van der Waals surface area (Å²) in [6.07, 6.45) is 7.71. The van der Waals surface area contributed by atoms with Gasteiger partial charge in [0.1, 0.15) is 0 Å². The Morgan fingerprint density at radius 2 is 2.00 bits per heavy atom. The molecule has 5 nitrogen and oxygen atoms in total. The van der Waals surface area contributed by atoms with Gasteiger partial charge in [0.15, 0.2) is 0 Å². The van der Waals surface area contributed by atoms with E-state index in [4.69, 9.17) is 16.8 Å². The van der Waals surface area contributed by atoms with E-state index in [1.54, 1.807) is 0 Å². The summed E-state index contributed by atoms with van der Waals surface area (Å²) in [6.45, 7) is 5.17.